The van der Waals surface area contributed by atoms with E-state index in [-0.39, 0.29) is 17.7 Å². The topological polar surface area (TPSA) is 73.8 Å². The second kappa shape index (κ2) is 11.4. The monoisotopic (exact) mass is 600 g/mol. The molecule has 41 heavy (non-hydrogen) atoms. The van der Waals surface area contributed by atoms with Crippen LogP contribution in [0, 0.1) is 0 Å². The number of rotatable bonds is 6. The standard InChI is InChI=1S/C32H22Cl2N2O4S/c1-2-39-31(38)27-28(20-6-4-3-5-7-20)35-32-36(29(27)21-10-14-23(34)15-11-21)30(37)26(41-32)18-24-16-17-25(40-24)19-8-12-22(33)13-9-19/h3-18,29H,2H2,1H3/b26-18-. The third-order valence-corrected chi connectivity index (χ3v) is 8.08. The number of benzene rings is 3. The Bertz CT molecular complexity index is 1960. The quantitative estimate of drug-likeness (QED) is 0.208. The van der Waals surface area contributed by atoms with Gasteiger partial charge in [0.15, 0.2) is 4.80 Å². The summed E-state index contributed by atoms with van der Waals surface area (Å²) >= 11 is 13.4. The lowest BCUT2D eigenvalue weighted by atomic mass is 9.93. The number of esters is 1. The van der Waals surface area contributed by atoms with Gasteiger partial charge in [-0.1, -0.05) is 77.0 Å². The van der Waals surface area contributed by atoms with E-state index >= 15 is 0 Å². The first-order valence-corrected chi connectivity index (χ1v) is 14.4. The van der Waals surface area contributed by atoms with E-state index in [4.69, 9.17) is 37.3 Å². The van der Waals surface area contributed by atoms with Crippen molar-refractivity contribution in [3.05, 3.63) is 143 Å². The molecule has 0 N–H and O–H groups in total. The molecule has 0 radical (unpaired) electrons. The van der Waals surface area contributed by atoms with Gasteiger partial charge in [-0.2, -0.15) is 0 Å². The number of furan rings is 1. The van der Waals surface area contributed by atoms with Crippen molar-refractivity contribution in [3.8, 4) is 11.3 Å². The van der Waals surface area contributed by atoms with Gasteiger partial charge in [0.1, 0.15) is 11.5 Å². The fraction of sp³-hybridized carbons (Fsp3) is 0.0938. The summed E-state index contributed by atoms with van der Waals surface area (Å²) in [6.45, 7) is 1.92. The highest BCUT2D eigenvalue weighted by Gasteiger charge is 2.35. The van der Waals surface area contributed by atoms with E-state index in [1.54, 1.807) is 47.9 Å². The Morgan fingerprint density at radius 1 is 0.951 bits per heavy atom. The molecule has 5 aromatic rings. The van der Waals surface area contributed by atoms with Crippen LogP contribution in [0.5, 0.6) is 0 Å². The molecule has 6 rings (SSSR count). The number of halogens is 2. The number of nitrogens with zero attached hydrogens (tertiary/aromatic N) is 2. The summed E-state index contributed by atoms with van der Waals surface area (Å²) in [5.74, 6) is 0.620. The molecular formula is C32H22Cl2N2O4S. The Hall–Kier alpha value is -4.17. The van der Waals surface area contributed by atoms with E-state index in [0.29, 0.717) is 42.2 Å². The van der Waals surface area contributed by atoms with Crippen molar-refractivity contribution < 1.29 is 13.9 Å². The van der Waals surface area contributed by atoms with E-state index in [9.17, 15) is 9.59 Å². The smallest absolute Gasteiger partial charge is 0.338 e. The van der Waals surface area contributed by atoms with Crippen LogP contribution in [0.2, 0.25) is 10.0 Å². The van der Waals surface area contributed by atoms with Crippen LogP contribution >= 0.6 is 34.5 Å². The third-order valence-electron chi connectivity index (χ3n) is 6.59. The van der Waals surface area contributed by atoms with Gasteiger partial charge in [-0.05, 0) is 61.0 Å². The Kier molecular flexibility index (Phi) is 7.49. The van der Waals surface area contributed by atoms with Crippen LogP contribution < -0.4 is 14.9 Å². The number of ether oxygens (including phenoxy) is 1. The zero-order valence-electron chi connectivity index (χ0n) is 21.7. The van der Waals surface area contributed by atoms with Crippen LogP contribution in [0.4, 0.5) is 0 Å². The SMILES string of the molecule is CCOC(=O)C1=C(c2ccccc2)N=c2s/c(=C\c3ccc(-c4ccc(Cl)cc4)o3)c(=O)n2C1c1ccc(Cl)cc1. The minimum absolute atomic E-state index is 0.177. The van der Waals surface area contributed by atoms with Gasteiger partial charge >= 0.3 is 5.97 Å². The number of carbonyl (C=O) groups is 1. The second-order valence-corrected chi connectivity index (χ2v) is 11.1. The lowest BCUT2D eigenvalue weighted by Gasteiger charge is -2.25. The average Bonchev–Trinajstić information content (AvgIpc) is 3.58. The summed E-state index contributed by atoms with van der Waals surface area (Å²) in [6.07, 6.45) is 1.69. The van der Waals surface area contributed by atoms with Gasteiger partial charge < -0.3 is 9.15 Å². The first-order chi connectivity index (χ1) is 19.9. The van der Waals surface area contributed by atoms with Gasteiger partial charge in [-0.15, -0.1) is 0 Å². The van der Waals surface area contributed by atoms with Crippen molar-refractivity contribution in [2.24, 2.45) is 4.99 Å². The average molecular weight is 602 g/mol. The van der Waals surface area contributed by atoms with Gasteiger partial charge in [-0.25, -0.2) is 9.79 Å². The van der Waals surface area contributed by atoms with Crippen molar-refractivity contribution >= 4 is 52.3 Å². The summed E-state index contributed by atoms with van der Waals surface area (Å²) in [5.41, 5.74) is 2.75. The van der Waals surface area contributed by atoms with Crippen LogP contribution in [-0.2, 0) is 9.53 Å². The molecule has 0 spiro atoms. The molecule has 204 valence electrons. The molecule has 1 aliphatic heterocycles. The first-order valence-electron chi connectivity index (χ1n) is 12.8. The predicted octanol–water partition coefficient (Wildman–Crippen LogP) is 6.50. The predicted molar refractivity (Wildman–Crippen MR) is 162 cm³/mol. The second-order valence-electron chi connectivity index (χ2n) is 9.19. The Morgan fingerprint density at radius 3 is 2.32 bits per heavy atom. The molecular weight excluding hydrogens is 579 g/mol. The normalized spacial score (nSPS) is 15.0. The van der Waals surface area contributed by atoms with Crippen LogP contribution in [0.25, 0.3) is 23.1 Å². The summed E-state index contributed by atoms with van der Waals surface area (Å²) in [6, 6.07) is 26.7. The lowest BCUT2D eigenvalue weighted by Crippen LogP contribution is -2.39. The van der Waals surface area contributed by atoms with Gasteiger partial charge in [0.05, 0.1) is 28.5 Å². The summed E-state index contributed by atoms with van der Waals surface area (Å²) < 4.78 is 13.5. The Labute approximate surface area is 249 Å². The van der Waals surface area contributed by atoms with Crippen LogP contribution in [0.3, 0.4) is 0 Å². The largest absolute Gasteiger partial charge is 0.463 e. The lowest BCUT2D eigenvalue weighted by molar-refractivity contribution is -0.138. The third kappa shape index (κ3) is 5.32. The molecule has 0 saturated carbocycles. The van der Waals surface area contributed by atoms with Gasteiger partial charge in [0.25, 0.3) is 5.56 Å². The van der Waals surface area contributed by atoms with Crippen molar-refractivity contribution in [2.75, 3.05) is 6.61 Å². The first kappa shape index (κ1) is 27.0. The minimum atomic E-state index is -0.777. The van der Waals surface area contributed by atoms with E-state index in [2.05, 4.69) is 0 Å². The van der Waals surface area contributed by atoms with E-state index in [0.717, 1.165) is 11.1 Å². The van der Waals surface area contributed by atoms with Gasteiger partial charge in [-0.3, -0.25) is 9.36 Å². The van der Waals surface area contributed by atoms with Crippen molar-refractivity contribution in [3.63, 3.8) is 0 Å². The number of fused-ring (bicyclic) bond motifs is 1. The summed E-state index contributed by atoms with van der Waals surface area (Å²) in [4.78, 5) is 32.8. The number of aromatic nitrogens is 1. The highest BCUT2D eigenvalue weighted by Crippen LogP contribution is 2.35. The molecule has 1 unspecified atom stereocenters. The van der Waals surface area contributed by atoms with Crippen LogP contribution in [-0.4, -0.2) is 17.1 Å². The molecule has 3 heterocycles. The van der Waals surface area contributed by atoms with E-state index in [1.807, 2.05) is 60.7 Å². The fourth-order valence-corrected chi connectivity index (χ4v) is 5.96. The molecule has 6 nitrogen and oxygen atoms in total. The maximum absolute atomic E-state index is 14.0. The summed E-state index contributed by atoms with van der Waals surface area (Å²) in [7, 11) is 0. The summed E-state index contributed by atoms with van der Waals surface area (Å²) in [5, 5.41) is 1.18. The fourth-order valence-electron chi connectivity index (χ4n) is 4.73. The molecule has 1 aliphatic rings. The maximum atomic E-state index is 14.0. The highest BCUT2D eigenvalue weighted by atomic mass is 35.5. The number of carbonyl (C=O) groups excluding carboxylic acids is 1. The van der Waals surface area contributed by atoms with Crippen LogP contribution in [0.15, 0.2) is 111 Å². The maximum Gasteiger partial charge on any atom is 0.338 e. The number of hydrogen-bond donors (Lipinski definition) is 0. The molecule has 9 heteroatoms. The molecule has 2 aromatic heterocycles. The molecule has 3 aromatic carbocycles. The Morgan fingerprint density at radius 2 is 1.63 bits per heavy atom. The highest BCUT2D eigenvalue weighted by molar-refractivity contribution is 7.07. The Balaban J connectivity index is 1.55. The number of thiazole rings is 1. The van der Waals surface area contributed by atoms with Crippen LogP contribution in [0.1, 0.15) is 29.9 Å². The number of hydrogen-bond acceptors (Lipinski definition) is 6. The molecule has 0 amide bonds. The van der Waals surface area contributed by atoms with Gasteiger partial charge in [0.2, 0.25) is 0 Å². The molecule has 0 bridgehead atoms. The van der Waals surface area contributed by atoms with Gasteiger partial charge in [0, 0.05) is 27.2 Å². The molecule has 1 atom stereocenters. The molecule has 0 aliphatic carbocycles. The van der Waals surface area contributed by atoms with Crippen molar-refractivity contribution in [2.45, 2.75) is 13.0 Å². The zero-order valence-corrected chi connectivity index (χ0v) is 24.0. The van der Waals surface area contributed by atoms with Crippen molar-refractivity contribution in [1.29, 1.82) is 0 Å². The van der Waals surface area contributed by atoms with E-state index < -0.39 is 12.0 Å². The van der Waals surface area contributed by atoms with Crippen molar-refractivity contribution in [1.82, 2.24) is 4.57 Å². The minimum Gasteiger partial charge on any atom is -0.463 e. The molecule has 0 fully saturated rings. The van der Waals surface area contributed by atoms with E-state index in [1.165, 1.54) is 11.3 Å². The zero-order chi connectivity index (χ0) is 28.5. The molecule has 0 saturated heterocycles.